The van der Waals surface area contributed by atoms with Gasteiger partial charge in [-0.15, -0.1) is 0 Å². The number of nitrogens with zero attached hydrogens (tertiary/aromatic N) is 1. The van der Waals surface area contributed by atoms with Crippen molar-refractivity contribution in [2.75, 3.05) is 0 Å². The molecule has 0 aliphatic carbocycles. The van der Waals surface area contributed by atoms with Gasteiger partial charge < -0.3 is 10.8 Å². The lowest BCUT2D eigenvalue weighted by atomic mass is 10.3. The van der Waals surface area contributed by atoms with Crippen LogP contribution >= 0.6 is 0 Å². The van der Waals surface area contributed by atoms with E-state index < -0.39 is 23.2 Å². The SMILES string of the molecule is NC(=O)N=Cc1c(O)[nH]c(=O)[nH]c1=O. The van der Waals surface area contributed by atoms with Gasteiger partial charge in [0.1, 0.15) is 5.56 Å². The van der Waals surface area contributed by atoms with Crippen LogP contribution in [0.4, 0.5) is 4.79 Å². The Balaban J connectivity index is 3.29. The Hall–Kier alpha value is -2.38. The quantitative estimate of drug-likeness (QED) is 0.397. The number of carbonyl (C=O) groups is 1. The Labute approximate surface area is 76.1 Å². The zero-order valence-electron chi connectivity index (χ0n) is 6.77. The van der Waals surface area contributed by atoms with E-state index in [0.29, 0.717) is 0 Å². The predicted octanol–water partition coefficient (Wildman–Crippen LogP) is -1.73. The van der Waals surface area contributed by atoms with Crippen molar-refractivity contribution >= 4 is 12.2 Å². The lowest BCUT2D eigenvalue weighted by Crippen LogP contribution is -2.25. The molecule has 0 atom stereocenters. The van der Waals surface area contributed by atoms with Crippen molar-refractivity contribution in [2.45, 2.75) is 0 Å². The number of aliphatic imine (C=N–C) groups is 1. The van der Waals surface area contributed by atoms with Gasteiger partial charge >= 0.3 is 11.7 Å². The number of amides is 2. The first-order chi connectivity index (χ1) is 6.50. The molecule has 0 aliphatic rings. The fraction of sp³-hybridized carbons (Fsp3) is 0. The molecule has 0 saturated heterocycles. The zero-order valence-corrected chi connectivity index (χ0v) is 6.77. The molecule has 0 aliphatic heterocycles. The van der Waals surface area contributed by atoms with Crippen molar-refractivity contribution in [1.82, 2.24) is 9.97 Å². The minimum atomic E-state index is -1.02. The first kappa shape index (κ1) is 9.71. The number of aromatic nitrogens is 2. The van der Waals surface area contributed by atoms with Crippen molar-refractivity contribution in [3.05, 3.63) is 26.4 Å². The van der Waals surface area contributed by atoms with Gasteiger partial charge in [-0.05, 0) is 0 Å². The van der Waals surface area contributed by atoms with E-state index in [9.17, 15) is 14.4 Å². The highest BCUT2D eigenvalue weighted by Crippen LogP contribution is 2.00. The molecule has 1 aromatic heterocycles. The topological polar surface area (TPSA) is 141 Å². The van der Waals surface area contributed by atoms with Crippen LogP contribution in [0.5, 0.6) is 5.88 Å². The van der Waals surface area contributed by atoms with Gasteiger partial charge in [0.15, 0.2) is 0 Å². The molecule has 1 rings (SSSR count). The maximum absolute atomic E-state index is 11.0. The second kappa shape index (κ2) is 3.56. The van der Waals surface area contributed by atoms with E-state index in [1.807, 2.05) is 9.97 Å². The molecule has 0 saturated carbocycles. The number of aromatic amines is 2. The van der Waals surface area contributed by atoms with E-state index in [4.69, 9.17) is 5.11 Å². The summed E-state index contributed by atoms with van der Waals surface area (Å²) in [6, 6.07) is -1.02. The van der Waals surface area contributed by atoms with Crippen molar-refractivity contribution in [3.8, 4) is 5.88 Å². The molecule has 8 heteroatoms. The van der Waals surface area contributed by atoms with Crippen LogP contribution in [-0.2, 0) is 0 Å². The van der Waals surface area contributed by atoms with Crippen LogP contribution in [-0.4, -0.2) is 27.3 Å². The molecule has 74 valence electrons. The lowest BCUT2D eigenvalue weighted by molar-refractivity contribution is 0.257. The fourth-order valence-electron chi connectivity index (χ4n) is 0.732. The van der Waals surface area contributed by atoms with Crippen LogP contribution in [0.15, 0.2) is 14.6 Å². The molecule has 8 nitrogen and oxygen atoms in total. The van der Waals surface area contributed by atoms with E-state index in [1.165, 1.54) is 0 Å². The van der Waals surface area contributed by atoms with Gasteiger partial charge in [0.05, 0.1) is 6.21 Å². The molecule has 0 spiro atoms. The minimum absolute atomic E-state index is 0.344. The highest BCUT2D eigenvalue weighted by Gasteiger charge is 2.05. The van der Waals surface area contributed by atoms with Crippen LogP contribution in [0.2, 0.25) is 0 Å². The number of urea groups is 1. The Kier molecular flexibility index (Phi) is 2.47. The van der Waals surface area contributed by atoms with E-state index in [2.05, 4.69) is 10.7 Å². The van der Waals surface area contributed by atoms with Crippen LogP contribution < -0.4 is 17.0 Å². The van der Waals surface area contributed by atoms with Gasteiger partial charge in [-0.1, -0.05) is 0 Å². The van der Waals surface area contributed by atoms with Crippen molar-refractivity contribution in [2.24, 2.45) is 10.7 Å². The predicted molar refractivity (Wildman–Crippen MR) is 46.5 cm³/mol. The number of nitrogens with one attached hydrogen (secondary N) is 2. The maximum Gasteiger partial charge on any atom is 0.338 e. The van der Waals surface area contributed by atoms with Gasteiger partial charge in [0.25, 0.3) is 5.56 Å². The number of rotatable bonds is 1. The molecule has 0 radical (unpaired) electrons. The van der Waals surface area contributed by atoms with Gasteiger partial charge in [0, 0.05) is 0 Å². The Morgan fingerprint density at radius 3 is 2.57 bits per heavy atom. The van der Waals surface area contributed by atoms with Gasteiger partial charge in [-0.2, -0.15) is 0 Å². The number of H-pyrrole nitrogens is 2. The van der Waals surface area contributed by atoms with Gasteiger partial charge in [0.2, 0.25) is 5.88 Å². The summed E-state index contributed by atoms with van der Waals surface area (Å²) >= 11 is 0. The summed E-state index contributed by atoms with van der Waals surface area (Å²) in [4.78, 5) is 38.6. The number of carbonyl (C=O) groups excluding carboxylic acids is 1. The van der Waals surface area contributed by atoms with Gasteiger partial charge in [-0.25, -0.2) is 14.6 Å². The second-order valence-corrected chi connectivity index (χ2v) is 2.27. The average Bonchev–Trinajstić information content (AvgIpc) is 2.01. The average molecular weight is 198 g/mol. The van der Waals surface area contributed by atoms with E-state index in [1.54, 1.807) is 0 Å². The molecule has 2 amide bonds. The summed E-state index contributed by atoms with van der Waals surface area (Å²) in [5.74, 6) is -0.677. The summed E-state index contributed by atoms with van der Waals surface area (Å²) in [5.41, 5.74) is 2.60. The Bertz CT molecular complexity index is 497. The smallest absolute Gasteiger partial charge is 0.338 e. The molecule has 0 unspecified atom stereocenters. The normalized spacial score (nSPS) is 10.6. The number of hydrogen-bond acceptors (Lipinski definition) is 4. The minimum Gasteiger partial charge on any atom is -0.494 e. The largest absolute Gasteiger partial charge is 0.494 e. The van der Waals surface area contributed by atoms with Crippen molar-refractivity contribution in [1.29, 1.82) is 0 Å². The van der Waals surface area contributed by atoms with Crippen LogP contribution in [0.1, 0.15) is 5.56 Å². The summed E-state index contributed by atoms with van der Waals surface area (Å²) < 4.78 is 0. The van der Waals surface area contributed by atoms with Crippen LogP contribution in [0.25, 0.3) is 0 Å². The summed E-state index contributed by atoms with van der Waals surface area (Å²) in [5, 5.41) is 9.07. The summed E-state index contributed by atoms with van der Waals surface area (Å²) in [6.07, 6.45) is 0.756. The molecule has 1 aromatic rings. The third kappa shape index (κ3) is 2.06. The number of hydrogen-bond donors (Lipinski definition) is 4. The van der Waals surface area contributed by atoms with E-state index in [0.717, 1.165) is 6.21 Å². The third-order valence-corrected chi connectivity index (χ3v) is 1.28. The molecule has 0 aromatic carbocycles. The van der Waals surface area contributed by atoms with Crippen molar-refractivity contribution < 1.29 is 9.90 Å². The van der Waals surface area contributed by atoms with Crippen molar-refractivity contribution in [3.63, 3.8) is 0 Å². The summed E-state index contributed by atoms with van der Waals surface area (Å²) in [6.45, 7) is 0. The van der Waals surface area contributed by atoms with Gasteiger partial charge in [-0.3, -0.25) is 14.8 Å². The molecule has 14 heavy (non-hydrogen) atoms. The molecule has 1 heterocycles. The maximum atomic E-state index is 11.0. The molecule has 0 fully saturated rings. The first-order valence-corrected chi connectivity index (χ1v) is 3.40. The molecular formula is C6H6N4O4. The third-order valence-electron chi connectivity index (χ3n) is 1.28. The zero-order chi connectivity index (χ0) is 10.7. The number of primary amides is 1. The highest BCUT2D eigenvalue weighted by molar-refractivity contribution is 5.91. The second-order valence-electron chi connectivity index (χ2n) is 2.27. The molecule has 5 N–H and O–H groups in total. The molecular weight excluding hydrogens is 192 g/mol. The first-order valence-electron chi connectivity index (χ1n) is 3.40. The standard InChI is InChI=1S/C6H6N4O4/c7-5(13)8-1-2-3(11)9-6(14)10-4(2)12/h1H,(H2,7,13)(H3,9,10,11,12,14). The molecule has 0 bridgehead atoms. The fourth-order valence-corrected chi connectivity index (χ4v) is 0.732. The summed E-state index contributed by atoms with van der Waals surface area (Å²) in [7, 11) is 0. The number of nitrogens with two attached hydrogens (primary N) is 1. The Morgan fingerprint density at radius 1 is 1.43 bits per heavy atom. The lowest BCUT2D eigenvalue weighted by Gasteiger charge is -1.94. The monoisotopic (exact) mass is 198 g/mol. The Morgan fingerprint density at radius 2 is 2.07 bits per heavy atom. The van der Waals surface area contributed by atoms with E-state index >= 15 is 0 Å². The van der Waals surface area contributed by atoms with Crippen LogP contribution in [0, 0.1) is 0 Å². The van der Waals surface area contributed by atoms with Crippen LogP contribution in [0.3, 0.4) is 0 Å². The highest BCUT2D eigenvalue weighted by atomic mass is 16.3. The van der Waals surface area contributed by atoms with E-state index in [-0.39, 0.29) is 5.56 Å². The number of aromatic hydroxyl groups is 1.